The Balaban J connectivity index is 1.53. The molecule has 0 aliphatic carbocycles. The highest BCUT2D eigenvalue weighted by Gasteiger charge is 2.33. The molecule has 9 nitrogen and oxygen atoms in total. The van der Waals surface area contributed by atoms with Crippen LogP contribution >= 0.6 is 15.9 Å². The minimum atomic E-state index is -0.490. The molecular formula is C26H22BrN3O6. The Morgan fingerprint density at radius 2 is 1.83 bits per heavy atom. The highest BCUT2D eigenvalue weighted by atomic mass is 79.9. The highest BCUT2D eigenvalue weighted by molar-refractivity contribution is 9.10. The van der Waals surface area contributed by atoms with Gasteiger partial charge in [-0.3, -0.25) is 19.8 Å². The molecule has 1 N–H and O–H groups in total. The Kier molecular flexibility index (Phi) is 7.35. The maximum atomic E-state index is 12.9. The summed E-state index contributed by atoms with van der Waals surface area (Å²) >= 11 is 3.46. The molecule has 1 heterocycles. The molecular weight excluding hydrogens is 530 g/mol. The number of methoxy groups -OCH3 is 1. The smallest absolute Gasteiger partial charge is 0.329 e. The molecule has 184 valence electrons. The Morgan fingerprint density at radius 1 is 1.08 bits per heavy atom. The van der Waals surface area contributed by atoms with Crippen LogP contribution in [-0.4, -0.2) is 28.9 Å². The first-order valence-corrected chi connectivity index (χ1v) is 11.7. The number of nitrogens with one attached hydrogen (secondary N) is 1. The molecule has 3 aromatic rings. The molecule has 1 aliphatic rings. The maximum Gasteiger partial charge on any atom is 0.329 e. The average molecular weight is 552 g/mol. The quantitative estimate of drug-likeness (QED) is 0.175. The van der Waals surface area contributed by atoms with Crippen LogP contribution in [0.1, 0.15) is 22.3 Å². The van der Waals surface area contributed by atoms with Gasteiger partial charge in [0.25, 0.3) is 11.6 Å². The number of hydrogen-bond acceptors (Lipinski definition) is 6. The number of nitro benzene ring substituents is 1. The van der Waals surface area contributed by atoms with Gasteiger partial charge in [0.05, 0.1) is 23.1 Å². The summed E-state index contributed by atoms with van der Waals surface area (Å²) in [6, 6.07) is 16.7. The van der Waals surface area contributed by atoms with Gasteiger partial charge in [-0.25, -0.2) is 4.79 Å². The molecule has 3 amide bonds. The zero-order chi connectivity index (χ0) is 25.8. The van der Waals surface area contributed by atoms with Crippen LogP contribution in [0.4, 0.5) is 10.5 Å². The number of carbonyl (C=O) groups excluding carboxylic acids is 2. The molecule has 1 fully saturated rings. The van der Waals surface area contributed by atoms with E-state index in [9.17, 15) is 19.7 Å². The third-order valence-electron chi connectivity index (χ3n) is 5.45. The van der Waals surface area contributed by atoms with Crippen molar-refractivity contribution in [1.29, 1.82) is 0 Å². The average Bonchev–Trinajstić information content (AvgIpc) is 3.10. The third kappa shape index (κ3) is 5.55. The summed E-state index contributed by atoms with van der Waals surface area (Å²) in [4.78, 5) is 37.1. The summed E-state index contributed by atoms with van der Waals surface area (Å²) in [5.74, 6) is 0.353. The van der Waals surface area contributed by atoms with Crippen molar-refractivity contribution in [3.05, 3.63) is 103 Å². The van der Waals surface area contributed by atoms with E-state index in [0.29, 0.717) is 27.1 Å². The molecule has 0 bridgehead atoms. The topological polar surface area (TPSA) is 111 Å². The van der Waals surface area contributed by atoms with E-state index in [-0.39, 0.29) is 24.5 Å². The van der Waals surface area contributed by atoms with E-state index < -0.39 is 16.9 Å². The van der Waals surface area contributed by atoms with E-state index in [2.05, 4.69) is 21.2 Å². The van der Waals surface area contributed by atoms with Crippen LogP contribution in [0.3, 0.4) is 0 Å². The number of ether oxygens (including phenoxy) is 2. The molecule has 10 heteroatoms. The second-order valence-corrected chi connectivity index (χ2v) is 8.97. The summed E-state index contributed by atoms with van der Waals surface area (Å²) in [6.07, 6.45) is 1.56. The molecule has 36 heavy (non-hydrogen) atoms. The summed E-state index contributed by atoms with van der Waals surface area (Å²) in [5.41, 5.74) is 3.24. The lowest BCUT2D eigenvalue weighted by Crippen LogP contribution is -2.30. The molecule has 3 aromatic carbocycles. The minimum absolute atomic E-state index is 0.0242. The predicted octanol–water partition coefficient (Wildman–Crippen LogP) is 5.35. The number of carbonyl (C=O) groups is 2. The van der Waals surface area contributed by atoms with Crippen molar-refractivity contribution in [2.24, 2.45) is 0 Å². The second-order valence-electron chi connectivity index (χ2n) is 8.12. The number of imide groups is 1. The van der Waals surface area contributed by atoms with Crippen LogP contribution in [0.2, 0.25) is 0 Å². The Hall–Kier alpha value is -4.18. The van der Waals surface area contributed by atoms with Gasteiger partial charge < -0.3 is 14.8 Å². The van der Waals surface area contributed by atoms with Crippen molar-refractivity contribution < 1.29 is 24.0 Å². The van der Waals surface area contributed by atoms with E-state index in [1.54, 1.807) is 30.3 Å². The molecule has 0 aromatic heterocycles. The molecule has 0 atom stereocenters. The number of nitrogens with zero attached hydrogens (tertiary/aromatic N) is 2. The summed E-state index contributed by atoms with van der Waals surface area (Å²) in [7, 11) is 1.48. The zero-order valence-electron chi connectivity index (χ0n) is 19.5. The van der Waals surface area contributed by atoms with Gasteiger partial charge in [0.2, 0.25) is 0 Å². The number of aryl methyl sites for hydroxylation is 1. The van der Waals surface area contributed by atoms with Gasteiger partial charge in [0.15, 0.2) is 11.5 Å². The summed E-state index contributed by atoms with van der Waals surface area (Å²) in [5, 5.41) is 13.6. The van der Waals surface area contributed by atoms with Crippen LogP contribution in [0, 0.1) is 17.0 Å². The molecule has 0 radical (unpaired) electrons. The number of nitro groups is 1. The van der Waals surface area contributed by atoms with Crippen LogP contribution in [0.5, 0.6) is 11.5 Å². The molecule has 0 saturated carbocycles. The van der Waals surface area contributed by atoms with Crippen molar-refractivity contribution in [3.63, 3.8) is 0 Å². The van der Waals surface area contributed by atoms with Crippen molar-refractivity contribution in [2.45, 2.75) is 20.1 Å². The SMILES string of the molecule is COc1cc(/C=C2/NC(=O)N(Cc3cccc(C)c3)C2=O)cc(Br)c1OCc1cccc([N+](=O)[O-])c1. The maximum absolute atomic E-state index is 12.9. The van der Waals surface area contributed by atoms with Crippen molar-refractivity contribution in [2.75, 3.05) is 7.11 Å². The minimum Gasteiger partial charge on any atom is -0.493 e. The van der Waals surface area contributed by atoms with Gasteiger partial charge in [-0.2, -0.15) is 0 Å². The molecule has 0 spiro atoms. The number of benzene rings is 3. The van der Waals surface area contributed by atoms with Crippen molar-refractivity contribution >= 4 is 39.6 Å². The van der Waals surface area contributed by atoms with Crippen LogP contribution < -0.4 is 14.8 Å². The Bertz CT molecular complexity index is 1390. The highest BCUT2D eigenvalue weighted by Crippen LogP contribution is 2.38. The van der Waals surface area contributed by atoms with Gasteiger partial charge in [-0.1, -0.05) is 42.0 Å². The van der Waals surface area contributed by atoms with Gasteiger partial charge in [-0.15, -0.1) is 0 Å². The Labute approximate surface area is 215 Å². The predicted molar refractivity (Wildman–Crippen MR) is 136 cm³/mol. The fraction of sp³-hybridized carbons (Fsp3) is 0.154. The van der Waals surface area contributed by atoms with Crippen molar-refractivity contribution in [3.8, 4) is 11.5 Å². The van der Waals surface area contributed by atoms with E-state index in [0.717, 1.165) is 16.0 Å². The lowest BCUT2D eigenvalue weighted by Gasteiger charge is -2.14. The monoisotopic (exact) mass is 551 g/mol. The van der Waals surface area contributed by atoms with Crippen LogP contribution in [0.25, 0.3) is 6.08 Å². The summed E-state index contributed by atoms with van der Waals surface area (Å²) in [6.45, 7) is 2.20. The first kappa shape index (κ1) is 24.9. The number of amides is 3. The molecule has 1 aliphatic heterocycles. The molecule has 0 unspecified atom stereocenters. The van der Waals surface area contributed by atoms with E-state index >= 15 is 0 Å². The first-order valence-electron chi connectivity index (χ1n) is 10.9. The number of urea groups is 1. The van der Waals surface area contributed by atoms with Gasteiger partial charge in [0.1, 0.15) is 12.3 Å². The fourth-order valence-electron chi connectivity index (χ4n) is 3.75. The van der Waals surface area contributed by atoms with Gasteiger partial charge >= 0.3 is 6.03 Å². The Morgan fingerprint density at radius 3 is 2.56 bits per heavy atom. The lowest BCUT2D eigenvalue weighted by atomic mass is 10.1. The van der Waals surface area contributed by atoms with E-state index in [1.165, 1.54) is 19.2 Å². The first-order chi connectivity index (χ1) is 17.2. The number of halogens is 1. The van der Waals surface area contributed by atoms with E-state index in [4.69, 9.17) is 9.47 Å². The number of rotatable bonds is 8. The number of non-ortho nitro benzene ring substituents is 1. The van der Waals surface area contributed by atoms with Gasteiger partial charge in [-0.05, 0) is 57.8 Å². The van der Waals surface area contributed by atoms with Crippen LogP contribution in [0.15, 0.2) is 70.8 Å². The zero-order valence-corrected chi connectivity index (χ0v) is 21.1. The molecule has 1 saturated heterocycles. The third-order valence-corrected chi connectivity index (χ3v) is 6.04. The standard InChI is InChI=1S/C26H22BrN3O6/c1-16-5-3-6-17(9-16)14-29-25(31)22(28-26(29)32)12-19-11-21(27)24(23(13-19)35-2)36-15-18-7-4-8-20(10-18)30(33)34/h3-13H,14-15H2,1-2H3,(H,28,32)/b22-12+. The van der Waals surface area contributed by atoms with Crippen LogP contribution in [-0.2, 0) is 17.9 Å². The largest absolute Gasteiger partial charge is 0.493 e. The van der Waals surface area contributed by atoms with E-state index in [1.807, 2.05) is 31.2 Å². The second kappa shape index (κ2) is 10.6. The number of hydrogen-bond donors (Lipinski definition) is 1. The lowest BCUT2D eigenvalue weighted by molar-refractivity contribution is -0.384. The molecule has 4 rings (SSSR count). The normalized spacial score (nSPS) is 14.2. The van der Waals surface area contributed by atoms with Crippen molar-refractivity contribution in [1.82, 2.24) is 10.2 Å². The fourth-order valence-corrected chi connectivity index (χ4v) is 4.33. The van der Waals surface area contributed by atoms with Gasteiger partial charge in [0, 0.05) is 12.1 Å². The summed E-state index contributed by atoms with van der Waals surface area (Å²) < 4.78 is 11.9.